The molecule has 0 aliphatic carbocycles. The second-order valence-electron chi connectivity index (χ2n) is 19.3. The van der Waals surface area contributed by atoms with Crippen molar-refractivity contribution in [3.05, 3.63) is 113 Å². The minimum Gasteiger partial charge on any atom is -0.497 e. The maximum Gasteiger partial charge on any atom is 0.155 e. The molecule has 0 unspecified atom stereocenters. The second-order valence-corrected chi connectivity index (χ2v) is 19.3. The average Bonchev–Trinajstić information content (AvgIpc) is 3.12. The SMILES string of the molecule is CCc1cc(OC)ccc1-c1ccc(C[C@H](NC(C)(C)C)C(=O)C(C)(C)C)cc1.CCc1ccccc1-c1ccc(C[C@H](NC(C)(C)C)C(=O)C(C)(C)C)cc1. The lowest BCUT2D eigenvalue weighted by atomic mass is 9.83. The molecule has 4 aromatic rings. The van der Waals surface area contributed by atoms with Crippen molar-refractivity contribution in [3.63, 3.8) is 0 Å². The lowest BCUT2D eigenvalue weighted by Crippen LogP contribution is -2.51. The molecule has 304 valence electrons. The molecule has 0 fully saturated rings. The van der Waals surface area contributed by atoms with Gasteiger partial charge in [0.2, 0.25) is 0 Å². The Morgan fingerprint density at radius 2 is 0.929 bits per heavy atom. The van der Waals surface area contributed by atoms with Gasteiger partial charge in [-0.05, 0) is 124 Å². The average molecular weight is 761 g/mol. The van der Waals surface area contributed by atoms with Gasteiger partial charge in [0.25, 0.3) is 0 Å². The molecule has 0 aromatic heterocycles. The maximum absolute atomic E-state index is 13.0. The lowest BCUT2D eigenvalue weighted by Gasteiger charge is -2.32. The molecule has 0 spiro atoms. The highest BCUT2D eigenvalue weighted by Gasteiger charge is 2.33. The molecule has 56 heavy (non-hydrogen) atoms. The second kappa shape index (κ2) is 19.4. The molecule has 0 radical (unpaired) electrons. The van der Waals surface area contributed by atoms with Crippen LogP contribution in [0.25, 0.3) is 22.3 Å². The van der Waals surface area contributed by atoms with E-state index in [0.717, 1.165) is 18.6 Å². The van der Waals surface area contributed by atoms with E-state index in [1.807, 2.05) is 47.6 Å². The first-order valence-corrected chi connectivity index (χ1v) is 20.5. The monoisotopic (exact) mass is 761 g/mol. The Bertz CT molecular complexity index is 1860. The molecule has 0 saturated heterocycles. The highest BCUT2D eigenvalue weighted by atomic mass is 16.5. The summed E-state index contributed by atoms with van der Waals surface area (Å²) in [6, 6.07) is 31.7. The molecule has 0 bridgehead atoms. The first kappa shape index (κ1) is 46.3. The molecule has 0 saturated carbocycles. The zero-order valence-corrected chi connectivity index (χ0v) is 37.4. The largest absolute Gasteiger partial charge is 0.497 e. The zero-order valence-electron chi connectivity index (χ0n) is 37.4. The third-order valence-electron chi connectivity index (χ3n) is 9.83. The van der Waals surface area contributed by atoms with Crippen LogP contribution in [0.3, 0.4) is 0 Å². The van der Waals surface area contributed by atoms with E-state index in [1.54, 1.807) is 7.11 Å². The van der Waals surface area contributed by atoms with Gasteiger partial charge in [-0.3, -0.25) is 9.59 Å². The Morgan fingerprint density at radius 1 is 0.536 bits per heavy atom. The van der Waals surface area contributed by atoms with Crippen molar-refractivity contribution >= 4 is 11.6 Å². The molecule has 0 aliphatic rings. The summed E-state index contributed by atoms with van der Waals surface area (Å²) in [6.07, 6.45) is 3.38. The quantitative estimate of drug-likeness (QED) is 0.142. The van der Waals surface area contributed by atoms with Crippen LogP contribution in [0.15, 0.2) is 91.0 Å². The van der Waals surface area contributed by atoms with Crippen LogP contribution in [0, 0.1) is 10.8 Å². The molecule has 2 atom stereocenters. The number of carbonyl (C=O) groups is 2. The van der Waals surface area contributed by atoms with Crippen LogP contribution < -0.4 is 15.4 Å². The number of Topliss-reactive ketones (excluding diaryl/α,β-unsaturated/α-hetero) is 2. The summed E-state index contributed by atoms with van der Waals surface area (Å²) >= 11 is 0. The number of carbonyl (C=O) groups excluding carboxylic acids is 2. The van der Waals surface area contributed by atoms with Gasteiger partial charge >= 0.3 is 0 Å². The van der Waals surface area contributed by atoms with Crippen molar-refractivity contribution in [2.24, 2.45) is 10.8 Å². The predicted molar refractivity (Wildman–Crippen MR) is 239 cm³/mol. The summed E-state index contributed by atoms with van der Waals surface area (Å²) in [6.45, 7) is 29.0. The molecule has 5 heteroatoms. The van der Waals surface area contributed by atoms with Gasteiger partial charge < -0.3 is 15.4 Å². The van der Waals surface area contributed by atoms with Crippen molar-refractivity contribution < 1.29 is 14.3 Å². The molecule has 0 heterocycles. The van der Waals surface area contributed by atoms with Crippen molar-refractivity contribution in [2.75, 3.05) is 7.11 Å². The molecule has 4 aromatic carbocycles. The van der Waals surface area contributed by atoms with Crippen LogP contribution >= 0.6 is 0 Å². The van der Waals surface area contributed by atoms with E-state index < -0.39 is 0 Å². The van der Waals surface area contributed by atoms with Crippen LogP contribution in [0.5, 0.6) is 5.75 Å². The van der Waals surface area contributed by atoms with Crippen molar-refractivity contribution in [1.82, 2.24) is 10.6 Å². The molecular formula is C51H72N2O3. The number of benzene rings is 4. The normalized spacial score (nSPS) is 13.3. The summed E-state index contributed by atoms with van der Waals surface area (Å²) < 4.78 is 5.36. The molecule has 2 N–H and O–H groups in total. The van der Waals surface area contributed by atoms with Crippen LogP contribution in [-0.2, 0) is 35.3 Å². The van der Waals surface area contributed by atoms with Crippen molar-refractivity contribution in [2.45, 2.75) is 146 Å². The first-order valence-electron chi connectivity index (χ1n) is 20.5. The fourth-order valence-corrected chi connectivity index (χ4v) is 7.00. The maximum atomic E-state index is 13.0. The minimum atomic E-state index is -0.373. The van der Waals surface area contributed by atoms with E-state index in [9.17, 15) is 9.59 Å². The molecular weight excluding hydrogens is 689 g/mol. The number of aryl methyl sites for hydroxylation is 2. The predicted octanol–water partition coefficient (Wildman–Crippen LogP) is 11.7. The number of ketones is 2. The number of ether oxygens (including phenoxy) is 1. The van der Waals surface area contributed by atoms with Gasteiger partial charge in [-0.15, -0.1) is 0 Å². The van der Waals surface area contributed by atoms with Gasteiger partial charge in [0.05, 0.1) is 19.2 Å². The van der Waals surface area contributed by atoms with Gasteiger partial charge in [-0.25, -0.2) is 0 Å². The highest BCUT2D eigenvalue weighted by molar-refractivity contribution is 5.89. The summed E-state index contributed by atoms with van der Waals surface area (Å²) in [7, 11) is 1.70. The highest BCUT2D eigenvalue weighted by Crippen LogP contribution is 2.30. The summed E-state index contributed by atoms with van der Waals surface area (Å²) in [5.74, 6) is 1.40. The van der Waals surface area contributed by atoms with Crippen LogP contribution in [-0.4, -0.2) is 41.8 Å². The minimum absolute atomic E-state index is 0.106. The summed E-state index contributed by atoms with van der Waals surface area (Å²) in [5.41, 5.74) is 8.98. The molecule has 0 aliphatic heterocycles. The third kappa shape index (κ3) is 14.2. The Kier molecular flexibility index (Phi) is 16.0. The third-order valence-corrected chi connectivity index (χ3v) is 9.83. The lowest BCUT2D eigenvalue weighted by molar-refractivity contribution is -0.129. The van der Waals surface area contributed by atoms with Crippen molar-refractivity contribution in [3.8, 4) is 28.0 Å². The number of hydrogen-bond donors (Lipinski definition) is 2. The Hall–Kier alpha value is -4.06. The van der Waals surface area contributed by atoms with Crippen LogP contribution in [0.2, 0.25) is 0 Å². The first-order chi connectivity index (χ1) is 26.0. The fraction of sp³-hybridized carbons (Fsp3) is 0.490. The summed E-state index contributed by atoms with van der Waals surface area (Å²) in [5, 5.41) is 7.05. The van der Waals surface area contributed by atoms with Gasteiger partial charge in [-0.2, -0.15) is 0 Å². The number of hydrogen-bond acceptors (Lipinski definition) is 5. The number of rotatable bonds is 13. The summed E-state index contributed by atoms with van der Waals surface area (Å²) in [4.78, 5) is 26.0. The van der Waals surface area contributed by atoms with Crippen LogP contribution in [0.4, 0.5) is 0 Å². The van der Waals surface area contributed by atoms with Crippen LogP contribution in [0.1, 0.15) is 119 Å². The Labute approximate surface area is 340 Å². The van der Waals surface area contributed by atoms with E-state index in [1.165, 1.54) is 44.5 Å². The standard InChI is InChI=1S/C26H37NO2.C25H35NO/c1-9-19-17-21(29-8)14-15-22(19)20-12-10-18(11-13-20)16-23(27-26(5,6)7)24(28)25(2,3)4;1-8-19-11-9-10-12-21(19)20-15-13-18(14-16-20)17-22(26-25(5,6)7)23(27)24(2,3)4/h10-15,17,23,27H,9,16H2,1-8H3;9-16,22,26H,8,17H2,1-7H3/t23-;22-/m00/s1. The topological polar surface area (TPSA) is 67.4 Å². The molecule has 0 amide bonds. The van der Waals surface area contributed by atoms with Gasteiger partial charge in [0, 0.05) is 21.9 Å². The van der Waals surface area contributed by atoms with E-state index in [2.05, 4.69) is 151 Å². The number of nitrogens with one attached hydrogen (secondary N) is 2. The van der Waals surface area contributed by atoms with E-state index in [-0.39, 0.29) is 45.6 Å². The van der Waals surface area contributed by atoms with E-state index in [0.29, 0.717) is 12.8 Å². The smallest absolute Gasteiger partial charge is 0.155 e. The van der Waals surface area contributed by atoms with Gasteiger partial charge in [0.15, 0.2) is 11.6 Å². The molecule has 4 rings (SSSR count). The van der Waals surface area contributed by atoms with E-state index in [4.69, 9.17) is 4.74 Å². The van der Waals surface area contributed by atoms with Crippen molar-refractivity contribution in [1.29, 1.82) is 0 Å². The van der Waals surface area contributed by atoms with E-state index >= 15 is 0 Å². The van der Waals surface area contributed by atoms with Gasteiger partial charge in [0.1, 0.15) is 5.75 Å². The van der Waals surface area contributed by atoms with Gasteiger partial charge in [-0.1, -0.05) is 134 Å². The number of methoxy groups -OCH3 is 1. The zero-order chi connectivity index (χ0) is 42.1. The molecule has 5 nitrogen and oxygen atoms in total. The Morgan fingerprint density at radius 3 is 1.29 bits per heavy atom. The Balaban J connectivity index is 0.000000301. The fourth-order valence-electron chi connectivity index (χ4n) is 7.00.